The second-order valence-electron chi connectivity index (χ2n) is 5.29. The van der Waals surface area contributed by atoms with Gasteiger partial charge in [-0.25, -0.2) is 4.39 Å². The Labute approximate surface area is 122 Å². The first-order valence-corrected chi connectivity index (χ1v) is 7.03. The number of rotatable bonds is 5. The van der Waals surface area contributed by atoms with Crippen molar-refractivity contribution in [2.75, 3.05) is 6.61 Å². The molecule has 1 atom stereocenters. The number of nitrogens with zero attached hydrogens (tertiary/aromatic N) is 1. The fraction of sp³-hybridized carbons (Fsp3) is 0.312. The quantitative estimate of drug-likeness (QED) is 0.888. The van der Waals surface area contributed by atoms with Crippen molar-refractivity contribution in [2.24, 2.45) is 0 Å². The van der Waals surface area contributed by atoms with Crippen molar-refractivity contribution in [3.05, 3.63) is 59.7 Å². The van der Waals surface area contributed by atoms with Crippen molar-refractivity contribution >= 4 is 5.91 Å². The normalized spacial score (nSPS) is 15.7. The molecule has 1 fully saturated rings. The predicted molar refractivity (Wildman–Crippen MR) is 76.4 cm³/mol. The molecule has 1 aromatic heterocycles. The van der Waals surface area contributed by atoms with Gasteiger partial charge in [-0.1, -0.05) is 12.1 Å². The molecule has 4 nitrogen and oxygen atoms in total. The minimum absolute atomic E-state index is 0.227. The number of aromatic nitrogens is 1. The van der Waals surface area contributed by atoms with Crippen LogP contribution in [-0.4, -0.2) is 22.2 Å². The number of nitrogens with one attached hydrogen (secondary N) is 1. The molecule has 1 aromatic carbocycles. The minimum Gasteiger partial charge on any atom is -0.394 e. The molecule has 2 aromatic rings. The standard InChI is InChI=1S/C16H17FN2O2/c17-12-5-3-11(4-6-12)14(10-20)18-16(21)15-2-1-9-19(15)13-7-8-13/h1-6,9,13-14,20H,7-8,10H2,(H,18,21)/t14-/m1/s1. The molecule has 0 bridgehead atoms. The van der Waals surface area contributed by atoms with Gasteiger partial charge in [-0.05, 0) is 42.7 Å². The van der Waals surface area contributed by atoms with Crippen LogP contribution in [0.2, 0.25) is 0 Å². The summed E-state index contributed by atoms with van der Waals surface area (Å²) in [5, 5.41) is 12.3. The maximum absolute atomic E-state index is 12.9. The SMILES string of the molecule is O=C(N[C@H](CO)c1ccc(F)cc1)c1cccn1C1CC1. The Morgan fingerprint density at radius 1 is 1.33 bits per heavy atom. The van der Waals surface area contributed by atoms with Crippen LogP contribution in [0.3, 0.4) is 0 Å². The summed E-state index contributed by atoms with van der Waals surface area (Å²) < 4.78 is 14.9. The van der Waals surface area contributed by atoms with E-state index in [9.17, 15) is 14.3 Å². The first-order valence-electron chi connectivity index (χ1n) is 7.03. The first-order chi connectivity index (χ1) is 10.2. The van der Waals surface area contributed by atoms with E-state index in [1.807, 2.05) is 16.8 Å². The second-order valence-corrected chi connectivity index (χ2v) is 5.29. The van der Waals surface area contributed by atoms with E-state index >= 15 is 0 Å². The van der Waals surface area contributed by atoms with Crippen molar-refractivity contribution in [1.29, 1.82) is 0 Å². The fourth-order valence-electron chi connectivity index (χ4n) is 2.42. The highest BCUT2D eigenvalue weighted by atomic mass is 19.1. The number of carbonyl (C=O) groups excluding carboxylic acids is 1. The smallest absolute Gasteiger partial charge is 0.268 e. The van der Waals surface area contributed by atoms with Crippen LogP contribution in [0, 0.1) is 5.82 Å². The van der Waals surface area contributed by atoms with Gasteiger partial charge in [0.15, 0.2) is 0 Å². The van der Waals surface area contributed by atoms with Gasteiger partial charge in [0.05, 0.1) is 12.6 Å². The van der Waals surface area contributed by atoms with E-state index in [1.165, 1.54) is 12.1 Å². The van der Waals surface area contributed by atoms with Crippen LogP contribution in [0.15, 0.2) is 42.6 Å². The van der Waals surface area contributed by atoms with E-state index in [1.54, 1.807) is 18.2 Å². The van der Waals surface area contributed by atoms with Crippen LogP contribution in [0.5, 0.6) is 0 Å². The number of aliphatic hydroxyl groups excluding tert-OH is 1. The lowest BCUT2D eigenvalue weighted by Gasteiger charge is -2.17. The van der Waals surface area contributed by atoms with Gasteiger partial charge in [0.2, 0.25) is 0 Å². The van der Waals surface area contributed by atoms with Crippen LogP contribution in [0.1, 0.15) is 41.0 Å². The third kappa shape index (κ3) is 2.97. The molecule has 2 N–H and O–H groups in total. The lowest BCUT2D eigenvalue weighted by molar-refractivity contribution is 0.0906. The number of hydrogen-bond donors (Lipinski definition) is 2. The van der Waals surface area contributed by atoms with Crippen molar-refractivity contribution in [1.82, 2.24) is 9.88 Å². The number of amides is 1. The van der Waals surface area contributed by atoms with E-state index in [0.29, 0.717) is 17.3 Å². The van der Waals surface area contributed by atoms with Gasteiger partial charge in [-0.15, -0.1) is 0 Å². The summed E-state index contributed by atoms with van der Waals surface area (Å²) in [6.45, 7) is -0.235. The predicted octanol–water partition coefficient (Wildman–Crippen LogP) is 2.43. The summed E-state index contributed by atoms with van der Waals surface area (Å²) >= 11 is 0. The Morgan fingerprint density at radius 3 is 2.67 bits per heavy atom. The van der Waals surface area contributed by atoms with Gasteiger partial charge in [-0.3, -0.25) is 4.79 Å². The van der Waals surface area contributed by atoms with Crippen molar-refractivity contribution in [3.63, 3.8) is 0 Å². The molecule has 1 aliphatic carbocycles. The number of aliphatic hydroxyl groups is 1. The van der Waals surface area contributed by atoms with Crippen LogP contribution >= 0.6 is 0 Å². The van der Waals surface area contributed by atoms with Gasteiger partial charge in [0, 0.05) is 12.2 Å². The van der Waals surface area contributed by atoms with Crippen LogP contribution < -0.4 is 5.32 Å². The molecule has 1 aliphatic rings. The Bertz CT molecular complexity index is 632. The molecule has 0 spiro atoms. The number of halogens is 1. The number of carbonyl (C=O) groups is 1. The van der Waals surface area contributed by atoms with Gasteiger partial charge in [0.1, 0.15) is 11.5 Å². The van der Waals surface area contributed by atoms with Crippen molar-refractivity contribution in [3.8, 4) is 0 Å². The number of benzene rings is 1. The zero-order chi connectivity index (χ0) is 14.8. The maximum atomic E-state index is 12.9. The molecule has 1 saturated carbocycles. The van der Waals surface area contributed by atoms with E-state index in [4.69, 9.17) is 0 Å². The molecule has 21 heavy (non-hydrogen) atoms. The molecular weight excluding hydrogens is 271 g/mol. The zero-order valence-electron chi connectivity index (χ0n) is 11.5. The van der Waals surface area contributed by atoms with Gasteiger partial charge < -0.3 is 15.0 Å². The summed E-state index contributed by atoms with van der Waals surface area (Å²) in [6.07, 6.45) is 4.09. The summed E-state index contributed by atoms with van der Waals surface area (Å²) in [6, 6.07) is 9.26. The molecule has 5 heteroatoms. The Hall–Kier alpha value is -2.14. The molecule has 0 aliphatic heterocycles. The average Bonchev–Trinajstić information content (AvgIpc) is 3.22. The Balaban J connectivity index is 1.75. The summed E-state index contributed by atoms with van der Waals surface area (Å²) in [5.41, 5.74) is 1.27. The molecule has 110 valence electrons. The molecular formula is C16H17FN2O2. The van der Waals surface area contributed by atoms with Gasteiger partial charge in [-0.2, -0.15) is 0 Å². The summed E-state index contributed by atoms with van der Waals surface area (Å²) in [4.78, 5) is 12.4. The second kappa shape index (κ2) is 5.69. The Kier molecular flexibility index (Phi) is 3.75. The topological polar surface area (TPSA) is 54.3 Å². The summed E-state index contributed by atoms with van der Waals surface area (Å²) in [7, 11) is 0. The van der Waals surface area contributed by atoms with E-state index < -0.39 is 6.04 Å². The van der Waals surface area contributed by atoms with Gasteiger partial charge >= 0.3 is 0 Å². The van der Waals surface area contributed by atoms with Crippen LogP contribution in [0.4, 0.5) is 4.39 Å². The van der Waals surface area contributed by atoms with Crippen LogP contribution in [-0.2, 0) is 0 Å². The molecule has 0 unspecified atom stereocenters. The van der Waals surface area contributed by atoms with E-state index in [-0.39, 0.29) is 18.3 Å². The van der Waals surface area contributed by atoms with E-state index in [0.717, 1.165) is 12.8 Å². The fourth-order valence-corrected chi connectivity index (χ4v) is 2.42. The lowest BCUT2D eigenvalue weighted by Crippen LogP contribution is -2.32. The molecule has 0 saturated heterocycles. The highest BCUT2D eigenvalue weighted by Crippen LogP contribution is 2.36. The molecule has 1 amide bonds. The molecule has 3 rings (SSSR count). The number of hydrogen-bond acceptors (Lipinski definition) is 2. The van der Waals surface area contributed by atoms with Crippen molar-refractivity contribution in [2.45, 2.75) is 24.9 Å². The van der Waals surface area contributed by atoms with Crippen LogP contribution in [0.25, 0.3) is 0 Å². The highest BCUT2D eigenvalue weighted by molar-refractivity contribution is 5.93. The molecule has 0 radical (unpaired) electrons. The van der Waals surface area contributed by atoms with Gasteiger partial charge in [0.25, 0.3) is 5.91 Å². The lowest BCUT2D eigenvalue weighted by atomic mass is 10.1. The zero-order valence-corrected chi connectivity index (χ0v) is 11.5. The summed E-state index contributed by atoms with van der Waals surface area (Å²) in [5.74, 6) is -0.570. The molecule has 1 heterocycles. The Morgan fingerprint density at radius 2 is 2.05 bits per heavy atom. The third-order valence-electron chi connectivity index (χ3n) is 3.71. The monoisotopic (exact) mass is 288 g/mol. The van der Waals surface area contributed by atoms with E-state index in [2.05, 4.69) is 5.32 Å². The highest BCUT2D eigenvalue weighted by Gasteiger charge is 2.27. The minimum atomic E-state index is -0.541. The average molecular weight is 288 g/mol. The van der Waals surface area contributed by atoms with Crippen molar-refractivity contribution < 1.29 is 14.3 Å². The third-order valence-corrected chi connectivity index (χ3v) is 3.71. The first kappa shape index (κ1) is 13.8. The largest absolute Gasteiger partial charge is 0.394 e. The maximum Gasteiger partial charge on any atom is 0.268 e.